The molecule has 1 aromatic rings. The fourth-order valence-electron chi connectivity index (χ4n) is 3.70. The second-order valence-corrected chi connectivity index (χ2v) is 7.62. The maximum absolute atomic E-state index is 9.25. The van der Waals surface area contributed by atoms with Crippen molar-refractivity contribution in [2.75, 3.05) is 37.7 Å². The van der Waals surface area contributed by atoms with Gasteiger partial charge in [0.25, 0.3) is 0 Å². The highest BCUT2D eigenvalue weighted by molar-refractivity contribution is 5.78. The van der Waals surface area contributed by atoms with Crippen LogP contribution in [0.4, 0.5) is 5.69 Å². The zero-order valence-corrected chi connectivity index (χ0v) is 15.4. The van der Waals surface area contributed by atoms with Crippen molar-refractivity contribution in [3.05, 3.63) is 29.8 Å². The summed E-state index contributed by atoms with van der Waals surface area (Å²) in [6.45, 7) is 7.38. The molecule has 0 unspecified atom stereocenters. The van der Waals surface area contributed by atoms with Crippen molar-refractivity contribution in [3.63, 3.8) is 0 Å². The molecular formula is C20H32N4O. The number of guanidine groups is 1. The van der Waals surface area contributed by atoms with Gasteiger partial charge >= 0.3 is 0 Å². The molecule has 3 N–H and O–H groups in total. The number of rotatable bonds is 4. The van der Waals surface area contributed by atoms with Crippen LogP contribution in [0.2, 0.25) is 0 Å². The number of nitrogens with two attached hydrogens (primary N) is 1. The Morgan fingerprint density at radius 3 is 2.32 bits per heavy atom. The Hall–Kier alpha value is -1.75. The zero-order chi connectivity index (χ0) is 17.6. The first-order chi connectivity index (χ1) is 12.2. The third-order valence-electron chi connectivity index (χ3n) is 5.71. The molecule has 138 valence electrons. The van der Waals surface area contributed by atoms with E-state index in [1.807, 2.05) is 0 Å². The van der Waals surface area contributed by atoms with Gasteiger partial charge in [-0.3, -0.25) is 0 Å². The topological polar surface area (TPSA) is 65.1 Å². The maximum atomic E-state index is 9.25. The largest absolute Gasteiger partial charge is 0.396 e. The van der Waals surface area contributed by atoms with Gasteiger partial charge in [-0.15, -0.1) is 0 Å². The van der Waals surface area contributed by atoms with Gasteiger partial charge in [-0.1, -0.05) is 19.1 Å². The van der Waals surface area contributed by atoms with Crippen molar-refractivity contribution >= 4 is 11.6 Å². The normalized spacial score (nSPS) is 21.0. The van der Waals surface area contributed by atoms with Gasteiger partial charge in [-0.25, -0.2) is 4.99 Å². The molecule has 2 aliphatic heterocycles. The highest BCUT2D eigenvalue weighted by atomic mass is 16.3. The number of benzene rings is 1. The molecule has 0 spiro atoms. The lowest BCUT2D eigenvalue weighted by molar-refractivity contribution is 0.203. The maximum Gasteiger partial charge on any atom is 0.191 e. The van der Waals surface area contributed by atoms with E-state index in [0.717, 1.165) is 44.9 Å². The summed E-state index contributed by atoms with van der Waals surface area (Å²) in [5, 5.41) is 9.25. The standard InChI is InChI=1S/C20H32N4O/c1-16-6-10-24(11-7-16)20(21)22-14-17-2-4-19(5-3-17)23-12-8-18(15-25)9-13-23/h2-5,16,18,25H,6-15H2,1H3,(H2,21,22). The number of anilines is 1. The Bertz CT molecular complexity index is 556. The van der Waals surface area contributed by atoms with Gasteiger partial charge in [0.05, 0.1) is 6.54 Å². The predicted molar refractivity (Wildman–Crippen MR) is 104 cm³/mol. The van der Waals surface area contributed by atoms with Crippen LogP contribution >= 0.6 is 0 Å². The number of aliphatic imine (C=N–C) groups is 1. The van der Waals surface area contributed by atoms with E-state index >= 15 is 0 Å². The van der Waals surface area contributed by atoms with Crippen LogP contribution in [0.15, 0.2) is 29.3 Å². The molecule has 2 heterocycles. The number of aliphatic hydroxyl groups excluding tert-OH is 1. The fraction of sp³-hybridized carbons (Fsp3) is 0.650. The van der Waals surface area contributed by atoms with E-state index in [4.69, 9.17) is 5.73 Å². The van der Waals surface area contributed by atoms with Gasteiger partial charge in [-0.05, 0) is 55.2 Å². The van der Waals surface area contributed by atoms with Gasteiger partial charge in [0.1, 0.15) is 0 Å². The van der Waals surface area contributed by atoms with E-state index in [9.17, 15) is 5.11 Å². The second-order valence-electron chi connectivity index (χ2n) is 7.62. The number of nitrogens with zero attached hydrogens (tertiary/aromatic N) is 3. The molecule has 0 radical (unpaired) electrons. The Labute approximate surface area is 151 Å². The highest BCUT2D eigenvalue weighted by Gasteiger charge is 2.19. The molecule has 3 rings (SSSR count). The van der Waals surface area contributed by atoms with Crippen molar-refractivity contribution in [2.45, 2.75) is 39.2 Å². The molecule has 0 aromatic heterocycles. The molecule has 2 fully saturated rings. The van der Waals surface area contributed by atoms with Gasteiger partial charge in [0.15, 0.2) is 5.96 Å². The van der Waals surface area contributed by atoms with E-state index in [-0.39, 0.29) is 0 Å². The van der Waals surface area contributed by atoms with Crippen LogP contribution in [0.1, 0.15) is 38.2 Å². The molecule has 0 atom stereocenters. The van der Waals surface area contributed by atoms with E-state index < -0.39 is 0 Å². The van der Waals surface area contributed by atoms with Crippen LogP contribution < -0.4 is 10.6 Å². The lowest BCUT2D eigenvalue weighted by Gasteiger charge is -2.33. The second kappa shape index (κ2) is 8.56. The number of hydrogen-bond donors (Lipinski definition) is 2. The summed E-state index contributed by atoms with van der Waals surface area (Å²) in [6, 6.07) is 8.68. The molecule has 1 aromatic carbocycles. The van der Waals surface area contributed by atoms with E-state index in [1.165, 1.54) is 24.1 Å². The fourth-order valence-corrected chi connectivity index (χ4v) is 3.70. The number of piperidine rings is 2. The molecule has 2 saturated heterocycles. The molecular weight excluding hydrogens is 312 g/mol. The van der Waals surface area contributed by atoms with Crippen LogP contribution in [0.3, 0.4) is 0 Å². The predicted octanol–water partition coefficient (Wildman–Crippen LogP) is 2.44. The summed E-state index contributed by atoms with van der Waals surface area (Å²) < 4.78 is 0. The SMILES string of the molecule is CC1CCN(C(N)=NCc2ccc(N3CCC(CO)CC3)cc2)CC1. The highest BCUT2D eigenvalue weighted by Crippen LogP contribution is 2.23. The zero-order valence-electron chi connectivity index (χ0n) is 15.4. The first kappa shape index (κ1) is 18.1. The molecule has 5 nitrogen and oxygen atoms in total. The summed E-state index contributed by atoms with van der Waals surface area (Å²) >= 11 is 0. The van der Waals surface area contributed by atoms with Crippen LogP contribution in [-0.2, 0) is 6.54 Å². The monoisotopic (exact) mass is 344 g/mol. The van der Waals surface area contributed by atoms with Crippen molar-refractivity contribution in [1.29, 1.82) is 0 Å². The third kappa shape index (κ3) is 4.88. The van der Waals surface area contributed by atoms with Crippen LogP contribution in [-0.4, -0.2) is 48.8 Å². The number of likely N-dealkylation sites (tertiary alicyclic amines) is 1. The average Bonchev–Trinajstić information content (AvgIpc) is 2.67. The van der Waals surface area contributed by atoms with Gasteiger partial charge in [-0.2, -0.15) is 0 Å². The molecule has 5 heteroatoms. The minimum absolute atomic E-state index is 0.322. The number of hydrogen-bond acceptors (Lipinski definition) is 3. The first-order valence-corrected chi connectivity index (χ1v) is 9.65. The van der Waals surface area contributed by atoms with Crippen molar-refractivity contribution in [1.82, 2.24) is 4.90 Å². The Kier molecular flexibility index (Phi) is 6.19. The molecule has 2 aliphatic rings. The Morgan fingerprint density at radius 2 is 1.72 bits per heavy atom. The lowest BCUT2D eigenvalue weighted by atomic mass is 9.97. The summed E-state index contributed by atoms with van der Waals surface area (Å²) in [4.78, 5) is 9.20. The van der Waals surface area contributed by atoms with E-state index in [2.05, 4.69) is 46.0 Å². The summed E-state index contributed by atoms with van der Waals surface area (Å²) in [7, 11) is 0. The lowest BCUT2D eigenvalue weighted by Crippen LogP contribution is -2.42. The van der Waals surface area contributed by atoms with E-state index in [0.29, 0.717) is 25.0 Å². The molecule has 0 aliphatic carbocycles. The van der Waals surface area contributed by atoms with Crippen molar-refractivity contribution < 1.29 is 5.11 Å². The minimum atomic E-state index is 0.322. The molecule has 0 bridgehead atoms. The van der Waals surface area contributed by atoms with Crippen LogP contribution in [0.5, 0.6) is 0 Å². The molecule has 0 amide bonds. The van der Waals surface area contributed by atoms with Gasteiger partial charge < -0.3 is 20.6 Å². The Balaban J connectivity index is 1.51. The van der Waals surface area contributed by atoms with Crippen molar-refractivity contribution in [2.24, 2.45) is 22.6 Å². The summed E-state index contributed by atoms with van der Waals surface area (Å²) in [5.74, 6) is 1.96. The molecule has 25 heavy (non-hydrogen) atoms. The van der Waals surface area contributed by atoms with Gasteiger partial charge in [0.2, 0.25) is 0 Å². The van der Waals surface area contributed by atoms with Crippen LogP contribution in [0, 0.1) is 11.8 Å². The van der Waals surface area contributed by atoms with Gasteiger partial charge in [0, 0.05) is 38.5 Å². The smallest absolute Gasteiger partial charge is 0.191 e. The van der Waals surface area contributed by atoms with Crippen LogP contribution in [0.25, 0.3) is 0 Å². The van der Waals surface area contributed by atoms with Crippen molar-refractivity contribution in [3.8, 4) is 0 Å². The Morgan fingerprint density at radius 1 is 1.08 bits per heavy atom. The summed E-state index contributed by atoms with van der Waals surface area (Å²) in [5.41, 5.74) is 8.62. The molecule has 0 saturated carbocycles. The third-order valence-corrected chi connectivity index (χ3v) is 5.71. The quantitative estimate of drug-likeness (QED) is 0.650. The summed E-state index contributed by atoms with van der Waals surface area (Å²) in [6.07, 6.45) is 4.57. The minimum Gasteiger partial charge on any atom is -0.396 e. The first-order valence-electron chi connectivity index (χ1n) is 9.65. The average molecular weight is 345 g/mol. The number of aliphatic hydroxyl groups is 1. The van der Waals surface area contributed by atoms with E-state index in [1.54, 1.807) is 0 Å².